The molecule has 0 saturated heterocycles. The molecule has 1 aliphatic carbocycles. The van der Waals surface area contributed by atoms with E-state index in [9.17, 15) is 9.90 Å². The molecule has 1 fully saturated rings. The maximum absolute atomic E-state index is 12.6. The van der Waals surface area contributed by atoms with Gasteiger partial charge >= 0.3 is 0 Å². The summed E-state index contributed by atoms with van der Waals surface area (Å²) in [5, 5.41) is 10.3. The molecule has 0 spiro atoms. The summed E-state index contributed by atoms with van der Waals surface area (Å²) in [6.07, 6.45) is 2.05. The zero-order valence-electron chi connectivity index (χ0n) is 12.1. The summed E-state index contributed by atoms with van der Waals surface area (Å²) < 4.78 is 0. The number of carbonyl (C=O) groups is 1. The highest BCUT2D eigenvalue weighted by molar-refractivity contribution is 6.00. The van der Waals surface area contributed by atoms with Gasteiger partial charge in [-0.05, 0) is 31.1 Å². The van der Waals surface area contributed by atoms with Gasteiger partial charge in [0.05, 0.1) is 6.10 Å². The summed E-state index contributed by atoms with van der Waals surface area (Å²) in [6, 6.07) is 9.45. The van der Waals surface area contributed by atoms with Crippen LogP contribution >= 0.6 is 0 Å². The summed E-state index contributed by atoms with van der Waals surface area (Å²) in [7, 11) is 0. The minimum Gasteiger partial charge on any atom is -0.393 e. The van der Waals surface area contributed by atoms with Gasteiger partial charge in [-0.2, -0.15) is 0 Å². The van der Waals surface area contributed by atoms with Crippen molar-refractivity contribution in [2.24, 2.45) is 17.3 Å². The number of aliphatic hydroxyl groups excluding tert-OH is 1. The molecule has 3 atom stereocenters. The normalized spacial score (nSPS) is 31.4. The van der Waals surface area contributed by atoms with E-state index in [2.05, 4.69) is 13.8 Å². The van der Waals surface area contributed by atoms with E-state index in [0.717, 1.165) is 18.4 Å². The van der Waals surface area contributed by atoms with Crippen molar-refractivity contribution in [3.8, 4) is 0 Å². The van der Waals surface area contributed by atoms with Crippen LogP contribution in [-0.2, 0) is 0 Å². The Labute approximate surface area is 115 Å². The van der Waals surface area contributed by atoms with Gasteiger partial charge in [-0.25, -0.2) is 0 Å². The SMILES string of the molecule is CC(C)C1CCC(C)(C(=O)c2ccccc2)CC1O. The lowest BCUT2D eigenvalue weighted by atomic mass is 9.64. The maximum Gasteiger partial charge on any atom is 0.168 e. The third-order valence-corrected chi connectivity index (χ3v) is 4.62. The minimum absolute atomic E-state index is 0.175. The Morgan fingerprint density at radius 1 is 1.32 bits per heavy atom. The molecule has 19 heavy (non-hydrogen) atoms. The molecule has 1 N–H and O–H groups in total. The number of benzene rings is 1. The van der Waals surface area contributed by atoms with E-state index in [4.69, 9.17) is 0 Å². The molecular weight excluding hydrogens is 236 g/mol. The molecule has 0 bridgehead atoms. The smallest absolute Gasteiger partial charge is 0.168 e. The minimum atomic E-state index is -0.411. The van der Waals surface area contributed by atoms with E-state index in [-0.39, 0.29) is 11.9 Å². The molecule has 1 aliphatic rings. The van der Waals surface area contributed by atoms with Crippen LogP contribution in [0.1, 0.15) is 50.4 Å². The van der Waals surface area contributed by atoms with Crippen molar-refractivity contribution in [3.63, 3.8) is 0 Å². The van der Waals surface area contributed by atoms with Crippen molar-refractivity contribution in [1.82, 2.24) is 0 Å². The number of aliphatic hydroxyl groups is 1. The Bertz CT molecular complexity index is 438. The molecule has 2 rings (SSSR count). The number of Topliss-reactive ketones (excluding diaryl/α,β-unsaturated/α-hetero) is 1. The molecule has 0 aromatic heterocycles. The lowest BCUT2D eigenvalue weighted by molar-refractivity contribution is -0.00423. The second-order valence-electron chi connectivity index (χ2n) is 6.47. The van der Waals surface area contributed by atoms with Crippen molar-refractivity contribution >= 4 is 5.78 Å². The van der Waals surface area contributed by atoms with Crippen molar-refractivity contribution in [2.75, 3.05) is 0 Å². The van der Waals surface area contributed by atoms with Gasteiger partial charge in [0.15, 0.2) is 5.78 Å². The first-order valence-electron chi connectivity index (χ1n) is 7.22. The predicted octanol–water partition coefficient (Wildman–Crippen LogP) is 3.69. The molecule has 0 radical (unpaired) electrons. The highest BCUT2D eigenvalue weighted by Gasteiger charge is 2.42. The lowest BCUT2D eigenvalue weighted by Gasteiger charge is -2.41. The van der Waals surface area contributed by atoms with Crippen LogP contribution in [0.3, 0.4) is 0 Å². The van der Waals surface area contributed by atoms with Crippen molar-refractivity contribution in [1.29, 1.82) is 0 Å². The monoisotopic (exact) mass is 260 g/mol. The number of ketones is 1. The summed E-state index contributed by atoms with van der Waals surface area (Å²) in [4.78, 5) is 12.6. The first-order valence-corrected chi connectivity index (χ1v) is 7.22. The van der Waals surface area contributed by atoms with E-state index in [1.165, 1.54) is 0 Å². The van der Waals surface area contributed by atoms with Crippen molar-refractivity contribution in [2.45, 2.75) is 46.1 Å². The second kappa shape index (κ2) is 5.46. The fourth-order valence-electron chi connectivity index (χ4n) is 3.31. The van der Waals surface area contributed by atoms with Gasteiger partial charge < -0.3 is 5.11 Å². The third-order valence-electron chi connectivity index (χ3n) is 4.62. The van der Waals surface area contributed by atoms with Gasteiger partial charge in [0.25, 0.3) is 0 Å². The largest absolute Gasteiger partial charge is 0.393 e. The first kappa shape index (κ1) is 14.3. The summed E-state index contributed by atoms with van der Waals surface area (Å²) in [5.74, 6) is 0.984. The van der Waals surface area contributed by atoms with Crippen LogP contribution in [0.5, 0.6) is 0 Å². The van der Waals surface area contributed by atoms with Gasteiger partial charge in [0, 0.05) is 11.0 Å². The second-order valence-corrected chi connectivity index (χ2v) is 6.47. The summed E-state index contributed by atoms with van der Waals surface area (Å²) in [5.41, 5.74) is 0.354. The Kier molecular flexibility index (Phi) is 4.10. The molecule has 1 saturated carbocycles. The predicted molar refractivity (Wildman–Crippen MR) is 77.1 cm³/mol. The van der Waals surface area contributed by atoms with E-state index in [1.807, 2.05) is 37.3 Å². The van der Waals surface area contributed by atoms with Crippen LogP contribution in [0.2, 0.25) is 0 Å². The molecule has 0 heterocycles. The molecule has 0 amide bonds. The van der Waals surface area contributed by atoms with Crippen LogP contribution in [0.15, 0.2) is 30.3 Å². The Morgan fingerprint density at radius 2 is 1.95 bits per heavy atom. The molecule has 1 aromatic carbocycles. The zero-order valence-corrected chi connectivity index (χ0v) is 12.1. The summed E-state index contributed by atoms with van der Waals surface area (Å²) in [6.45, 7) is 6.30. The van der Waals surface area contributed by atoms with Gasteiger partial charge in [-0.15, -0.1) is 0 Å². The molecule has 2 nitrogen and oxygen atoms in total. The van der Waals surface area contributed by atoms with Crippen LogP contribution in [0.25, 0.3) is 0 Å². The highest BCUT2D eigenvalue weighted by Crippen LogP contribution is 2.43. The maximum atomic E-state index is 12.6. The number of rotatable bonds is 3. The van der Waals surface area contributed by atoms with E-state index >= 15 is 0 Å². The van der Waals surface area contributed by atoms with Gasteiger partial charge in [-0.3, -0.25) is 4.79 Å². The van der Waals surface area contributed by atoms with Crippen molar-refractivity contribution in [3.05, 3.63) is 35.9 Å². The summed E-state index contributed by atoms with van der Waals surface area (Å²) >= 11 is 0. The molecule has 104 valence electrons. The van der Waals surface area contributed by atoms with Crippen molar-refractivity contribution < 1.29 is 9.90 Å². The fourth-order valence-corrected chi connectivity index (χ4v) is 3.31. The Morgan fingerprint density at radius 3 is 2.47 bits per heavy atom. The number of hydrogen-bond acceptors (Lipinski definition) is 2. The third kappa shape index (κ3) is 2.89. The van der Waals surface area contributed by atoms with Crippen LogP contribution < -0.4 is 0 Å². The first-order chi connectivity index (χ1) is 8.94. The van der Waals surface area contributed by atoms with Crippen LogP contribution in [0.4, 0.5) is 0 Å². The highest BCUT2D eigenvalue weighted by atomic mass is 16.3. The van der Waals surface area contributed by atoms with Gasteiger partial charge in [-0.1, -0.05) is 51.1 Å². The van der Waals surface area contributed by atoms with Gasteiger partial charge in [0.2, 0.25) is 0 Å². The van der Waals surface area contributed by atoms with Crippen LogP contribution in [0, 0.1) is 17.3 Å². The molecule has 1 aromatic rings. The fraction of sp³-hybridized carbons (Fsp3) is 0.588. The Hall–Kier alpha value is -1.15. The molecular formula is C17H24O2. The zero-order chi connectivity index (χ0) is 14.0. The molecule has 2 heteroatoms. The van der Waals surface area contributed by atoms with E-state index in [1.54, 1.807) is 0 Å². The van der Waals surface area contributed by atoms with Crippen LogP contribution in [-0.4, -0.2) is 17.0 Å². The standard InChI is InChI=1S/C17H24O2/c1-12(2)14-9-10-17(3,11-15(14)18)16(19)13-7-5-4-6-8-13/h4-8,12,14-15,18H,9-11H2,1-3H3. The quantitative estimate of drug-likeness (QED) is 0.841. The Balaban J connectivity index is 2.15. The number of carbonyl (C=O) groups excluding carboxylic acids is 1. The molecule has 3 unspecified atom stereocenters. The lowest BCUT2D eigenvalue weighted by Crippen LogP contribution is -2.42. The van der Waals surface area contributed by atoms with Gasteiger partial charge in [0.1, 0.15) is 0 Å². The van der Waals surface area contributed by atoms with E-state index in [0.29, 0.717) is 18.3 Å². The molecule has 0 aliphatic heterocycles. The van der Waals surface area contributed by atoms with E-state index < -0.39 is 5.41 Å². The average Bonchev–Trinajstić information content (AvgIpc) is 2.38. The average molecular weight is 260 g/mol. The number of hydrogen-bond donors (Lipinski definition) is 1. The topological polar surface area (TPSA) is 37.3 Å².